The average Bonchev–Trinajstić information content (AvgIpc) is 3.23. The van der Waals surface area contributed by atoms with E-state index in [1.165, 1.54) is 0 Å². The Balaban J connectivity index is 2.08. The highest BCUT2D eigenvalue weighted by Crippen LogP contribution is 2.50. The highest BCUT2D eigenvalue weighted by atomic mass is 79.9. The predicted molar refractivity (Wildman–Crippen MR) is 156 cm³/mol. The van der Waals surface area contributed by atoms with Crippen LogP contribution in [0, 0.1) is 13.8 Å². The molecule has 1 N–H and O–H groups in total. The summed E-state index contributed by atoms with van der Waals surface area (Å²) in [5.41, 5.74) is 1.90. The van der Waals surface area contributed by atoms with E-state index < -0.39 is 11.5 Å². The smallest absolute Gasteiger partial charge is 0.217 e. The Morgan fingerprint density at radius 1 is 0.947 bits per heavy atom. The van der Waals surface area contributed by atoms with Gasteiger partial charge >= 0.3 is 0 Å². The van der Waals surface area contributed by atoms with E-state index in [0.29, 0.717) is 36.2 Å². The Kier molecular flexibility index (Phi) is 8.62. The van der Waals surface area contributed by atoms with Gasteiger partial charge in [0.2, 0.25) is 17.6 Å². The lowest BCUT2D eigenvalue weighted by Crippen LogP contribution is -2.38. The molecule has 0 spiro atoms. The van der Waals surface area contributed by atoms with E-state index in [4.69, 9.17) is 19.2 Å². The number of hydrogen-bond donors (Lipinski definition) is 1. The van der Waals surface area contributed by atoms with Gasteiger partial charge in [-0.15, -0.1) is 11.3 Å². The lowest BCUT2D eigenvalue weighted by molar-refractivity contribution is 0.00327. The molecule has 0 saturated carbocycles. The first-order chi connectivity index (χ1) is 18.1. The van der Waals surface area contributed by atoms with Crippen molar-refractivity contribution in [2.45, 2.75) is 31.8 Å². The summed E-state index contributed by atoms with van der Waals surface area (Å²) in [6.45, 7) is 4.82. The van der Waals surface area contributed by atoms with Crippen LogP contribution in [0.25, 0.3) is 10.9 Å². The van der Waals surface area contributed by atoms with Crippen molar-refractivity contribution < 1.29 is 19.3 Å². The molecule has 7 nitrogen and oxygen atoms in total. The van der Waals surface area contributed by atoms with Crippen LogP contribution >= 0.6 is 27.3 Å². The van der Waals surface area contributed by atoms with E-state index in [2.05, 4.69) is 51.8 Å². The summed E-state index contributed by atoms with van der Waals surface area (Å²) in [6, 6.07) is 13.8. The fourth-order valence-corrected chi connectivity index (χ4v) is 6.27. The Hall–Kier alpha value is -2.72. The number of hydrogen-bond acceptors (Lipinski definition) is 8. The molecule has 0 fully saturated rings. The molecule has 0 aliphatic heterocycles. The van der Waals surface area contributed by atoms with Crippen molar-refractivity contribution in [3.63, 3.8) is 0 Å². The minimum atomic E-state index is -1.39. The zero-order chi connectivity index (χ0) is 27.6. The van der Waals surface area contributed by atoms with Gasteiger partial charge in [0, 0.05) is 49.8 Å². The minimum Gasteiger partial charge on any atom is -0.481 e. The van der Waals surface area contributed by atoms with Gasteiger partial charge in [-0.05, 0) is 75.8 Å². The van der Waals surface area contributed by atoms with Gasteiger partial charge in [0.15, 0.2) is 0 Å². The summed E-state index contributed by atoms with van der Waals surface area (Å²) in [5, 5.41) is 13.9. The number of aryl methyl sites for hydroxylation is 2. The van der Waals surface area contributed by atoms with Crippen molar-refractivity contribution in [3.8, 4) is 17.6 Å². The molecule has 0 aliphatic rings. The first-order valence-corrected chi connectivity index (χ1v) is 13.9. The summed E-state index contributed by atoms with van der Waals surface area (Å²) >= 11 is 5.30. The van der Waals surface area contributed by atoms with Gasteiger partial charge < -0.3 is 24.2 Å². The van der Waals surface area contributed by atoms with Gasteiger partial charge in [-0.25, -0.2) is 4.98 Å². The van der Waals surface area contributed by atoms with E-state index in [-0.39, 0.29) is 0 Å². The van der Waals surface area contributed by atoms with Crippen LogP contribution in [0.1, 0.15) is 38.8 Å². The van der Waals surface area contributed by atoms with E-state index in [1.807, 2.05) is 32.3 Å². The SMILES string of the molecule is COc1cc(C(O)(CCN(C)C)C(c2cc3cc(Br)ccc3nc2OC)c2cc(C)sc2C)cc(OC)n1. The number of nitrogens with zero attached hydrogens (tertiary/aromatic N) is 3. The van der Waals surface area contributed by atoms with Gasteiger partial charge in [0.05, 0.1) is 26.8 Å². The van der Waals surface area contributed by atoms with E-state index >= 15 is 0 Å². The van der Waals surface area contributed by atoms with Crippen LogP contribution in [0.15, 0.2) is 46.9 Å². The molecule has 4 rings (SSSR count). The summed E-state index contributed by atoms with van der Waals surface area (Å²) in [7, 11) is 8.74. The molecule has 9 heteroatoms. The van der Waals surface area contributed by atoms with Crippen LogP contribution in [0.3, 0.4) is 0 Å². The van der Waals surface area contributed by atoms with Gasteiger partial charge in [0.25, 0.3) is 0 Å². The average molecular weight is 601 g/mol. The van der Waals surface area contributed by atoms with Gasteiger partial charge in [-0.3, -0.25) is 0 Å². The Bertz CT molecular complexity index is 1420. The maximum absolute atomic E-state index is 13.0. The number of aromatic nitrogens is 2. The molecular weight excluding hydrogens is 566 g/mol. The second-order valence-corrected chi connectivity index (χ2v) is 12.0. The van der Waals surface area contributed by atoms with E-state index in [1.54, 1.807) is 44.8 Å². The van der Waals surface area contributed by atoms with Gasteiger partial charge in [-0.1, -0.05) is 15.9 Å². The zero-order valence-electron chi connectivity index (χ0n) is 22.8. The number of aliphatic hydroxyl groups is 1. The number of halogens is 1. The molecule has 0 radical (unpaired) electrons. The maximum atomic E-state index is 13.0. The fourth-order valence-electron chi connectivity index (χ4n) is 4.92. The summed E-state index contributed by atoms with van der Waals surface area (Å²) in [5.74, 6) is 0.707. The molecule has 202 valence electrons. The molecular formula is C29H34BrN3O4S. The highest BCUT2D eigenvalue weighted by molar-refractivity contribution is 9.10. The van der Waals surface area contributed by atoms with Crippen LogP contribution in [0.2, 0.25) is 0 Å². The van der Waals surface area contributed by atoms with Crippen LogP contribution in [0.5, 0.6) is 17.6 Å². The molecule has 0 aliphatic carbocycles. The second-order valence-electron chi connectivity index (χ2n) is 9.64. The van der Waals surface area contributed by atoms with Crippen LogP contribution in [0.4, 0.5) is 0 Å². The zero-order valence-corrected chi connectivity index (χ0v) is 25.2. The maximum Gasteiger partial charge on any atom is 0.217 e. The molecule has 0 saturated heterocycles. The third-order valence-corrected chi connectivity index (χ3v) is 8.25. The number of ether oxygens (including phenoxy) is 3. The van der Waals surface area contributed by atoms with Crippen LogP contribution in [-0.4, -0.2) is 61.9 Å². The molecule has 2 atom stereocenters. The number of fused-ring (bicyclic) bond motifs is 1. The Morgan fingerprint density at radius 2 is 1.63 bits per heavy atom. The normalized spacial score (nSPS) is 13.9. The number of rotatable bonds is 10. The molecule has 0 bridgehead atoms. The molecule has 2 unspecified atom stereocenters. The molecule has 4 aromatic rings. The van der Waals surface area contributed by atoms with Crippen molar-refractivity contribution in [1.82, 2.24) is 14.9 Å². The quantitative estimate of drug-likeness (QED) is 0.237. The highest BCUT2D eigenvalue weighted by Gasteiger charge is 2.44. The van der Waals surface area contributed by atoms with Crippen molar-refractivity contribution in [3.05, 3.63) is 73.4 Å². The molecule has 1 aromatic carbocycles. The molecule has 3 aromatic heterocycles. The lowest BCUT2D eigenvalue weighted by Gasteiger charge is -2.39. The molecule has 38 heavy (non-hydrogen) atoms. The number of pyridine rings is 2. The van der Waals surface area contributed by atoms with Crippen molar-refractivity contribution in [2.24, 2.45) is 0 Å². The van der Waals surface area contributed by atoms with Crippen LogP contribution < -0.4 is 14.2 Å². The lowest BCUT2D eigenvalue weighted by atomic mass is 9.71. The minimum absolute atomic E-state index is 0.368. The van der Waals surface area contributed by atoms with Crippen molar-refractivity contribution in [2.75, 3.05) is 42.0 Å². The first-order valence-electron chi connectivity index (χ1n) is 12.3. The Morgan fingerprint density at radius 3 is 2.18 bits per heavy atom. The second kappa shape index (κ2) is 11.6. The van der Waals surface area contributed by atoms with Gasteiger partial charge in [0.1, 0.15) is 5.60 Å². The van der Waals surface area contributed by atoms with E-state index in [0.717, 1.165) is 36.3 Å². The number of benzene rings is 1. The van der Waals surface area contributed by atoms with E-state index in [9.17, 15) is 5.11 Å². The number of methoxy groups -OCH3 is 3. The standard InChI is InChI=1S/C29H34BrN3O4S/c1-17-12-22(18(2)38-17)27(23-14-19-13-21(30)8-9-24(19)31-28(23)37-7)29(34,10-11-33(3)4)20-15-25(35-5)32-26(16-20)36-6/h8-9,12-16,27,34H,10-11H2,1-7H3. The largest absolute Gasteiger partial charge is 0.481 e. The topological polar surface area (TPSA) is 76.9 Å². The van der Waals surface area contributed by atoms with Crippen molar-refractivity contribution >= 4 is 38.2 Å². The fraction of sp³-hybridized carbons (Fsp3) is 0.379. The monoisotopic (exact) mass is 599 g/mol. The number of thiophene rings is 1. The summed E-state index contributed by atoms with van der Waals surface area (Å²) in [4.78, 5) is 13.6. The summed E-state index contributed by atoms with van der Waals surface area (Å²) < 4.78 is 17.8. The predicted octanol–water partition coefficient (Wildman–Crippen LogP) is 6.07. The molecule has 3 heterocycles. The Labute approximate surface area is 236 Å². The summed E-state index contributed by atoms with van der Waals surface area (Å²) in [6.07, 6.45) is 0.426. The molecule has 0 amide bonds. The van der Waals surface area contributed by atoms with Crippen molar-refractivity contribution in [1.29, 1.82) is 0 Å². The first kappa shape index (κ1) is 28.3. The van der Waals surface area contributed by atoms with Crippen LogP contribution in [-0.2, 0) is 5.60 Å². The van der Waals surface area contributed by atoms with Gasteiger partial charge in [-0.2, -0.15) is 4.98 Å². The third-order valence-electron chi connectivity index (χ3n) is 6.78. The third kappa shape index (κ3) is 5.66.